The van der Waals surface area contributed by atoms with Gasteiger partial charge in [-0.2, -0.15) is 0 Å². The molecule has 126 valence electrons. The van der Waals surface area contributed by atoms with Gasteiger partial charge in [-0.05, 0) is 37.6 Å². The van der Waals surface area contributed by atoms with Gasteiger partial charge in [0, 0.05) is 12.1 Å². The number of furan rings is 1. The van der Waals surface area contributed by atoms with Gasteiger partial charge in [0.15, 0.2) is 0 Å². The minimum absolute atomic E-state index is 0.000920. The largest absolute Gasteiger partial charge is 0.463 e. The second kappa shape index (κ2) is 6.13. The van der Waals surface area contributed by atoms with Crippen LogP contribution in [0.15, 0.2) is 40.8 Å². The van der Waals surface area contributed by atoms with E-state index in [1.54, 1.807) is 32.0 Å². The molecule has 0 saturated heterocycles. The molecule has 0 aliphatic carbocycles. The quantitative estimate of drug-likeness (QED) is 0.801. The molecule has 0 saturated carbocycles. The lowest BCUT2D eigenvalue weighted by molar-refractivity contribution is -0.127. The molecular formula is C18H20N2O4. The SMILES string of the molecule is Cc1ccc([C@@](C)(O)CNC(=O)[C@H]2CC(=O)Nc3ccccc32)o1. The molecule has 24 heavy (non-hydrogen) atoms. The van der Waals surface area contributed by atoms with Gasteiger partial charge in [0.05, 0.1) is 12.5 Å². The summed E-state index contributed by atoms with van der Waals surface area (Å²) in [6.45, 7) is 3.36. The predicted molar refractivity (Wildman–Crippen MR) is 88.5 cm³/mol. The zero-order valence-corrected chi connectivity index (χ0v) is 13.6. The first-order valence-corrected chi connectivity index (χ1v) is 7.82. The monoisotopic (exact) mass is 328 g/mol. The summed E-state index contributed by atoms with van der Waals surface area (Å²) in [6, 6.07) is 10.7. The maximum atomic E-state index is 12.6. The van der Waals surface area contributed by atoms with Gasteiger partial charge in [-0.1, -0.05) is 18.2 Å². The number of anilines is 1. The van der Waals surface area contributed by atoms with E-state index in [0.29, 0.717) is 17.2 Å². The molecule has 0 unspecified atom stereocenters. The Morgan fingerprint density at radius 1 is 1.38 bits per heavy atom. The number of rotatable bonds is 4. The van der Waals surface area contributed by atoms with Crippen molar-refractivity contribution in [3.05, 3.63) is 53.5 Å². The van der Waals surface area contributed by atoms with Crippen molar-refractivity contribution in [3.8, 4) is 0 Å². The molecule has 2 aromatic rings. The van der Waals surface area contributed by atoms with E-state index in [1.165, 1.54) is 0 Å². The van der Waals surface area contributed by atoms with E-state index in [1.807, 2.05) is 18.2 Å². The Morgan fingerprint density at radius 3 is 2.83 bits per heavy atom. The summed E-state index contributed by atoms with van der Waals surface area (Å²) in [5.41, 5.74) is 0.116. The van der Waals surface area contributed by atoms with E-state index in [0.717, 1.165) is 5.56 Å². The van der Waals surface area contributed by atoms with Crippen molar-refractivity contribution in [2.75, 3.05) is 11.9 Å². The van der Waals surface area contributed by atoms with Gasteiger partial charge < -0.3 is 20.2 Å². The van der Waals surface area contributed by atoms with E-state index in [2.05, 4.69) is 10.6 Å². The first-order valence-electron chi connectivity index (χ1n) is 7.82. The molecule has 0 bridgehead atoms. The first kappa shape index (κ1) is 16.3. The van der Waals surface area contributed by atoms with Crippen LogP contribution in [0.5, 0.6) is 0 Å². The molecule has 1 aromatic carbocycles. The summed E-state index contributed by atoms with van der Waals surface area (Å²) in [5.74, 6) is 0.0313. The number of hydrogen-bond donors (Lipinski definition) is 3. The molecule has 6 heteroatoms. The average molecular weight is 328 g/mol. The first-order chi connectivity index (χ1) is 11.4. The summed E-state index contributed by atoms with van der Waals surface area (Å²) in [4.78, 5) is 24.4. The summed E-state index contributed by atoms with van der Waals surface area (Å²) >= 11 is 0. The van der Waals surface area contributed by atoms with Gasteiger partial charge in [-0.15, -0.1) is 0 Å². The van der Waals surface area contributed by atoms with Gasteiger partial charge in [0.25, 0.3) is 0 Å². The number of fused-ring (bicyclic) bond motifs is 1. The zero-order valence-electron chi connectivity index (χ0n) is 13.6. The minimum atomic E-state index is -1.32. The van der Waals surface area contributed by atoms with Crippen LogP contribution in [0.1, 0.15) is 36.3 Å². The Morgan fingerprint density at radius 2 is 2.12 bits per heavy atom. The van der Waals surface area contributed by atoms with E-state index in [9.17, 15) is 14.7 Å². The Bertz CT molecular complexity index is 779. The predicted octanol–water partition coefficient (Wildman–Crippen LogP) is 2.04. The van der Waals surface area contributed by atoms with Crippen LogP contribution in [0.3, 0.4) is 0 Å². The number of aryl methyl sites for hydroxylation is 1. The van der Waals surface area contributed by atoms with Gasteiger partial charge in [0.2, 0.25) is 11.8 Å². The van der Waals surface area contributed by atoms with E-state index >= 15 is 0 Å². The third-order valence-corrected chi connectivity index (χ3v) is 4.19. The number of amides is 2. The van der Waals surface area contributed by atoms with E-state index in [-0.39, 0.29) is 24.8 Å². The molecular weight excluding hydrogens is 308 g/mol. The van der Waals surface area contributed by atoms with Crippen molar-refractivity contribution < 1.29 is 19.1 Å². The highest BCUT2D eigenvalue weighted by atomic mass is 16.4. The second-order valence-electron chi connectivity index (χ2n) is 6.29. The number of nitrogens with one attached hydrogen (secondary N) is 2. The fourth-order valence-corrected chi connectivity index (χ4v) is 2.84. The summed E-state index contributed by atoms with van der Waals surface area (Å²) < 4.78 is 5.43. The van der Waals surface area contributed by atoms with Crippen molar-refractivity contribution in [2.24, 2.45) is 0 Å². The average Bonchev–Trinajstić information content (AvgIpc) is 2.99. The molecule has 0 radical (unpaired) electrons. The third kappa shape index (κ3) is 3.19. The van der Waals surface area contributed by atoms with Crippen LogP contribution in [0.25, 0.3) is 0 Å². The van der Waals surface area contributed by atoms with E-state index in [4.69, 9.17) is 4.42 Å². The van der Waals surface area contributed by atoms with Crippen LogP contribution < -0.4 is 10.6 Å². The molecule has 1 aliphatic rings. The Labute approximate surface area is 139 Å². The number of hydrogen-bond acceptors (Lipinski definition) is 4. The number of carbonyl (C=O) groups is 2. The van der Waals surface area contributed by atoms with Crippen molar-refractivity contribution in [1.29, 1.82) is 0 Å². The maximum Gasteiger partial charge on any atom is 0.228 e. The molecule has 3 rings (SSSR count). The molecule has 1 aliphatic heterocycles. The smallest absolute Gasteiger partial charge is 0.228 e. The number of aliphatic hydroxyl groups is 1. The molecule has 1 aromatic heterocycles. The minimum Gasteiger partial charge on any atom is -0.463 e. The lowest BCUT2D eigenvalue weighted by atomic mass is 9.89. The number of carbonyl (C=O) groups excluding carboxylic acids is 2. The highest BCUT2D eigenvalue weighted by Gasteiger charge is 2.33. The summed E-state index contributed by atoms with van der Waals surface area (Å²) in [6.07, 6.45) is 0.0881. The molecule has 0 spiro atoms. The van der Waals surface area contributed by atoms with Gasteiger partial charge in [-0.25, -0.2) is 0 Å². The van der Waals surface area contributed by atoms with Crippen LogP contribution in [-0.2, 0) is 15.2 Å². The van der Waals surface area contributed by atoms with Crippen LogP contribution in [-0.4, -0.2) is 23.5 Å². The van der Waals surface area contributed by atoms with Gasteiger partial charge in [0.1, 0.15) is 17.1 Å². The normalized spacial score (nSPS) is 19.1. The molecule has 2 amide bonds. The molecule has 2 heterocycles. The number of benzene rings is 1. The van der Waals surface area contributed by atoms with E-state index < -0.39 is 11.5 Å². The Hall–Kier alpha value is -2.60. The fourth-order valence-electron chi connectivity index (χ4n) is 2.84. The van der Waals surface area contributed by atoms with Crippen molar-refractivity contribution in [1.82, 2.24) is 5.32 Å². The van der Waals surface area contributed by atoms with Crippen LogP contribution in [0, 0.1) is 6.92 Å². The zero-order chi connectivity index (χ0) is 17.3. The van der Waals surface area contributed by atoms with Crippen LogP contribution >= 0.6 is 0 Å². The summed E-state index contributed by atoms with van der Waals surface area (Å²) in [5, 5.41) is 16.0. The standard InChI is InChI=1S/C18H20N2O4/c1-11-7-8-15(24-11)18(2,23)10-19-17(22)13-9-16(21)20-14-6-4-3-5-12(13)14/h3-8,13,23H,9-10H2,1-2H3,(H,19,22)(H,20,21)/t13-,18-/m0/s1. The lowest BCUT2D eigenvalue weighted by Gasteiger charge is -2.27. The van der Waals surface area contributed by atoms with Crippen LogP contribution in [0.4, 0.5) is 5.69 Å². The highest BCUT2D eigenvalue weighted by molar-refractivity contribution is 6.01. The van der Waals surface area contributed by atoms with Crippen molar-refractivity contribution in [2.45, 2.75) is 31.8 Å². The maximum absolute atomic E-state index is 12.6. The lowest BCUT2D eigenvalue weighted by Crippen LogP contribution is -2.42. The fraction of sp³-hybridized carbons (Fsp3) is 0.333. The second-order valence-corrected chi connectivity index (χ2v) is 6.29. The molecule has 2 atom stereocenters. The Kier molecular flexibility index (Phi) is 4.15. The molecule has 6 nitrogen and oxygen atoms in total. The topological polar surface area (TPSA) is 91.6 Å². The van der Waals surface area contributed by atoms with Crippen LogP contribution in [0.2, 0.25) is 0 Å². The van der Waals surface area contributed by atoms with Crippen molar-refractivity contribution in [3.63, 3.8) is 0 Å². The Balaban J connectivity index is 1.72. The highest BCUT2D eigenvalue weighted by Crippen LogP contribution is 2.32. The number of para-hydroxylation sites is 1. The molecule has 0 fully saturated rings. The van der Waals surface area contributed by atoms with Crippen molar-refractivity contribution >= 4 is 17.5 Å². The van der Waals surface area contributed by atoms with Gasteiger partial charge >= 0.3 is 0 Å². The molecule has 3 N–H and O–H groups in total. The van der Waals surface area contributed by atoms with Gasteiger partial charge in [-0.3, -0.25) is 9.59 Å². The third-order valence-electron chi connectivity index (χ3n) is 4.19. The summed E-state index contributed by atoms with van der Waals surface area (Å²) in [7, 11) is 0.